The lowest BCUT2D eigenvalue weighted by Gasteiger charge is -2.29. The lowest BCUT2D eigenvalue weighted by molar-refractivity contribution is 0.203. The van der Waals surface area contributed by atoms with E-state index in [1.54, 1.807) is 14.2 Å². The van der Waals surface area contributed by atoms with E-state index in [1.807, 2.05) is 0 Å². The Balaban J connectivity index is 0. The number of ether oxygens (including phenoxy) is 1. The first-order valence-corrected chi connectivity index (χ1v) is 5.99. The monoisotopic (exact) mass is 372 g/mol. The quantitative estimate of drug-likeness (QED) is 0.303. The fraction of sp³-hybridized carbons (Fsp3) is 0.917. The molecule has 5 nitrogen and oxygen atoms in total. The predicted octanol–water partition coefficient (Wildman–Crippen LogP) is 1.00. The van der Waals surface area contributed by atoms with E-state index in [9.17, 15) is 0 Å². The maximum atomic E-state index is 4.98. The van der Waals surface area contributed by atoms with Crippen LogP contribution in [0, 0.1) is 5.41 Å². The van der Waals surface area contributed by atoms with Gasteiger partial charge in [0.25, 0.3) is 0 Å². The van der Waals surface area contributed by atoms with E-state index < -0.39 is 0 Å². The number of nitrogens with zero attached hydrogens (tertiary/aromatic N) is 2. The van der Waals surface area contributed by atoms with Gasteiger partial charge in [0.05, 0.1) is 6.61 Å². The molecule has 0 atom stereocenters. The zero-order valence-corrected chi connectivity index (χ0v) is 14.9. The molecule has 0 fully saturated rings. The Bertz CT molecular complexity index is 232. The standard InChI is InChI=1S/C12H28N4O.HI/c1-12(2,10-16(4)5)9-15-11(13-3)14-7-8-17-6;/h7-10H2,1-6H3,(H2,13,14,15);1H. The van der Waals surface area contributed by atoms with Gasteiger partial charge in [0.1, 0.15) is 0 Å². The summed E-state index contributed by atoms with van der Waals surface area (Å²) in [7, 11) is 7.65. The van der Waals surface area contributed by atoms with Crippen LogP contribution in [0.3, 0.4) is 0 Å². The van der Waals surface area contributed by atoms with E-state index in [-0.39, 0.29) is 29.4 Å². The number of nitrogens with one attached hydrogen (secondary N) is 2. The number of hydrogen-bond donors (Lipinski definition) is 2. The van der Waals surface area contributed by atoms with Gasteiger partial charge in [-0.3, -0.25) is 4.99 Å². The van der Waals surface area contributed by atoms with Gasteiger partial charge in [-0.1, -0.05) is 13.8 Å². The number of halogens is 1. The van der Waals surface area contributed by atoms with Crippen molar-refractivity contribution >= 4 is 29.9 Å². The Kier molecular flexibility index (Phi) is 12.2. The summed E-state index contributed by atoms with van der Waals surface area (Å²) in [6.07, 6.45) is 0. The number of hydrogen-bond acceptors (Lipinski definition) is 3. The zero-order valence-electron chi connectivity index (χ0n) is 12.5. The number of guanidine groups is 1. The smallest absolute Gasteiger partial charge is 0.191 e. The topological polar surface area (TPSA) is 48.9 Å². The van der Waals surface area contributed by atoms with E-state index in [0.29, 0.717) is 6.61 Å². The second kappa shape index (κ2) is 10.8. The van der Waals surface area contributed by atoms with Gasteiger partial charge in [0, 0.05) is 33.8 Å². The molecule has 0 aliphatic carbocycles. The van der Waals surface area contributed by atoms with Gasteiger partial charge in [-0.2, -0.15) is 0 Å². The summed E-state index contributed by atoms with van der Waals surface area (Å²) in [6, 6.07) is 0. The first-order valence-electron chi connectivity index (χ1n) is 5.99. The third kappa shape index (κ3) is 11.0. The predicted molar refractivity (Wildman–Crippen MR) is 89.0 cm³/mol. The van der Waals surface area contributed by atoms with Crippen LogP contribution in [0.2, 0.25) is 0 Å². The largest absolute Gasteiger partial charge is 0.383 e. The van der Waals surface area contributed by atoms with Crippen LogP contribution in [-0.4, -0.2) is 65.4 Å². The molecule has 0 aromatic rings. The van der Waals surface area contributed by atoms with E-state index in [4.69, 9.17) is 4.74 Å². The highest BCUT2D eigenvalue weighted by atomic mass is 127. The van der Waals surface area contributed by atoms with Crippen LogP contribution in [0.1, 0.15) is 13.8 Å². The molecule has 0 aliphatic heterocycles. The van der Waals surface area contributed by atoms with Crippen LogP contribution in [0.25, 0.3) is 0 Å². The molecule has 0 aliphatic rings. The molecule has 0 amide bonds. The molecule has 0 aromatic heterocycles. The number of aliphatic imine (C=N–C) groups is 1. The molecule has 0 saturated carbocycles. The average molecular weight is 372 g/mol. The number of rotatable bonds is 7. The summed E-state index contributed by atoms with van der Waals surface area (Å²) >= 11 is 0. The summed E-state index contributed by atoms with van der Waals surface area (Å²) in [4.78, 5) is 6.36. The minimum absolute atomic E-state index is 0. The maximum absolute atomic E-state index is 4.98. The van der Waals surface area contributed by atoms with Crippen molar-refractivity contribution in [1.82, 2.24) is 15.5 Å². The van der Waals surface area contributed by atoms with Crippen LogP contribution < -0.4 is 10.6 Å². The molecule has 0 heterocycles. The van der Waals surface area contributed by atoms with Crippen molar-refractivity contribution in [3.05, 3.63) is 0 Å². The third-order valence-electron chi connectivity index (χ3n) is 2.30. The summed E-state index contributed by atoms with van der Waals surface area (Å²) in [5, 5.41) is 6.53. The molecule has 0 saturated heterocycles. The molecule has 6 heteroatoms. The van der Waals surface area contributed by atoms with Gasteiger partial charge in [0.15, 0.2) is 5.96 Å². The average Bonchev–Trinajstić information content (AvgIpc) is 2.21. The fourth-order valence-electron chi connectivity index (χ4n) is 1.73. The molecule has 0 rings (SSSR count). The molecule has 0 bridgehead atoms. The van der Waals surface area contributed by atoms with Crippen molar-refractivity contribution in [3.8, 4) is 0 Å². The van der Waals surface area contributed by atoms with Crippen LogP contribution in [0.4, 0.5) is 0 Å². The van der Waals surface area contributed by atoms with E-state index >= 15 is 0 Å². The fourth-order valence-corrected chi connectivity index (χ4v) is 1.73. The second-order valence-electron chi connectivity index (χ2n) is 5.25. The summed E-state index contributed by atoms with van der Waals surface area (Å²) in [5.41, 5.74) is 0.211. The Morgan fingerprint density at radius 3 is 2.33 bits per heavy atom. The van der Waals surface area contributed by atoms with Crippen molar-refractivity contribution in [1.29, 1.82) is 0 Å². The summed E-state index contributed by atoms with van der Waals surface area (Å²) < 4.78 is 4.98. The van der Waals surface area contributed by atoms with Gasteiger partial charge in [-0.05, 0) is 19.5 Å². The lowest BCUT2D eigenvalue weighted by atomic mass is 9.93. The van der Waals surface area contributed by atoms with Gasteiger partial charge in [0.2, 0.25) is 0 Å². The lowest BCUT2D eigenvalue weighted by Crippen LogP contribution is -2.45. The molecule has 18 heavy (non-hydrogen) atoms. The van der Waals surface area contributed by atoms with E-state index in [1.165, 1.54) is 0 Å². The SMILES string of the molecule is CN=C(NCCOC)NCC(C)(C)CN(C)C.I. The molecule has 110 valence electrons. The molecule has 0 aromatic carbocycles. The Morgan fingerprint density at radius 1 is 1.28 bits per heavy atom. The Labute approximate surface area is 129 Å². The van der Waals surface area contributed by atoms with Gasteiger partial charge >= 0.3 is 0 Å². The normalized spacial score (nSPS) is 12.3. The number of methoxy groups -OCH3 is 1. The van der Waals surface area contributed by atoms with Crippen molar-refractivity contribution in [2.45, 2.75) is 13.8 Å². The molecular formula is C12H29IN4O. The van der Waals surface area contributed by atoms with Crippen molar-refractivity contribution in [3.63, 3.8) is 0 Å². The van der Waals surface area contributed by atoms with Crippen LogP contribution in [-0.2, 0) is 4.74 Å². The molecule has 2 N–H and O–H groups in total. The first-order chi connectivity index (χ1) is 7.91. The van der Waals surface area contributed by atoms with Crippen LogP contribution in [0.15, 0.2) is 4.99 Å². The molecule has 0 unspecified atom stereocenters. The second-order valence-corrected chi connectivity index (χ2v) is 5.25. The highest BCUT2D eigenvalue weighted by Gasteiger charge is 2.18. The van der Waals surface area contributed by atoms with E-state index in [0.717, 1.165) is 25.6 Å². The van der Waals surface area contributed by atoms with Crippen molar-refractivity contribution in [2.24, 2.45) is 10.4 Å². The van der Waals surface area contributed by atoms with Crippen LogP contribution in [0.5, 0.6) is 0 Å². The highest BCUT2D eigenvalue weighted by Crippen LogP contribution is 2.13. The van der Waals surface area contributed by atoms with E-state index in [2.05, 4.69) is 48.5 Å². The zero-order chi connectivity index (χ0) is 13.3. The van der Waals surface area contributed by atoms with Gasteiger partial charge < -0.3 is 20.3 Å². The van der Waals surface area contributed by atoms with Gasteiger partial charge in [-0.15, -0.1) is 24.0 Å². The summed E-state index contributed by atoms with van der Waals surface area (Å²) in [6.45, 7) is 7.85. The van der Waals surface area contributed by atoms with Crippen molar-refractivity contribution in [2.75, 3.05) is 54.5 Å². The van der Waals surface area contributed by atoms with Crippen molar-refractivity contribution < 1.29 is 4.74 Å². The third-order valence-corrected chi connectivity index (χ3v) is 2.30. The first kappa shape index (κ1) is 20.2. The maximum Gasteiger partial charge on any atom is 0.191 e. The molecule has 0 radical (unpaired) electrons. The summed E-state index contributed by atoms with van der Waals surface area (Å²) in [5.74, 6) is 0.828. The molecular weight excluding hydrogens is 343 g/mol. The minimum atomic E-state index is 0. The Morgan fingerprint density at radius 2 is 1.89 bits per heavy atom. The van der Waals surface area contributed by atoms with Crippen LogP contribution >= 0.6 is 24.0 Å². The minimum Gasteiger partial charge on any atom is -0.383 e. The molecule has 0 spiro atoms. The van der Waals surface area contributed by atoms with Gasteiger partial charge in [-0.25, -0.2) is 0 Å². The Hall–Kier alpha value is -0.0800. The highest BCUT2D eigenvalue weighted by molar-refractivity contribution is 14.0.